The summed E-state index contributed by atoms with van der Waals surface area (Å²) < 4.78 is 0. The zero-order valence-electron chi connectivity index (χ0n) is 8.21. The van der Waals surface area contributed by atoms with E-state index in [1.807, 2.05) is 37.3 Å². The van der Waals surface area contributed by atoms with Gasteiger partial charge in [-0.15, -0.1) is 0 Å². The second kappa shape index (κ2) is 3.42. The van der Waals surface area contributed by atoms with Crippen molar-refractivity contribution in [1.29, 1.82) is 0 Å². The molecule has 1 aliphatic rings. The van der Waals surface area contributed by atoms with Crippen molar-refractivity contribution in [3.05, 3.63) is 35.9 Å². The first-order valence-corrected chi connectivity index (χ1v) is 4.82. The highest BCUT2D eigenvalue weighted by Gasteiger charge is 2.36. The molecular weight excluding hydrogens is 176 g/mol. The summed E-state index contributed by atoms with van der Waals surface area (Å²) >= 11 is 0. The molecule has 14 heavy (non-hydrogen) atoms. The molecule has 1 atom stereocenters. The van der Waals surface area contributed by atoms with Gasteiger partial charge in [0.1, 0.15) is 5.54 Å². The van der Waals surface area contributed by atoms with Gasteiger partial charge in [-0.05, 0) is 12.5 Å². The Morgan fingerprint density at radius 3 is 2.57 bits per heavy atom. The lowest BCUT2D eigenvalue weighted by molar-refractivity contribution is -0.128. The topological polar surface area (TPSA) is 41.1 Å². The Hall–Kier alpha value is -1.35. The van der Waals surface area contributed by atoms with E-state index in [-0.39, 0.29) is 5.91 Å². The van der Waals surface area contributed by atoms with Crippen molar-refractivity contribution < 1.29 is 4.79 Å². The number of nitrogens with one attached hydrogen (secondary N) is 2. The number of rotatable bonds is 1. The predicted octanol–water partition coefficient (Wildman–Crippen LogP) is 0.621. The summed E-state index contributed by atoms with van der Waals surface area (Å²) in [6, 6.07) is 9.79. The minimum absolute atomic E-state index is 0.0509. The second-order valence-electron chi connectivity index (χ2n) is 3.67. The molecule has 1 amide bonds. The molecule has 0 spiro atoms. The van der Waals surface area contributed by atoms with Crippen molar-refractivity contribution >= 4 is 5.91 Å². The molecular formula is C11H14N2O. The van der Waals surface area contributed by atoms with Crippen molar-refractivity contribution in [2.45, 2.75) is 12.5 Å². The van der Waals surface area contributed by atoms with Gasteiger partial charge in [-0.2, -0.15) is 0 Å². The quantitative estimate of drug-likeness (QED) is 0.681. The van der Waals surface area contributed by atoms with Gasteiger partial charge in [-0.3, -0.25) is 10.1 Å². The molecule has 0 radical (unpaired) electrons. The van der Waals surface area contributed by atoms with Crippen molar-refractivity contribution in [2.75, 3.05) is 13.1 Å². The lowest BCUT2D eigenvalue weighted by Gasteiger charge is -2.34. The maximum atomic E-state index is 11.7. The Kier molecular flexibility index (Phi) is 2.25. The van der Waals surface area contributed by atoms with E-state index in [0.29, 0.717) is 6.54 Å². The van der Waals surface area contributed by atoms with E-state index in [1.165, 1.54) is 0 Å². The molecule has 0 aromatic heterocycles. The number of hydrogen-bond acceptors (Lipinski definition) is 2. The molecule has 1 fully saturated rings. The first kappa shape index (κ1) is 9.21. The average molecular weight is 190 g/mol. The van der Waals surface area contributed by atoms with Crippen LogP contribution in [0.15, 0.2) is 30.3 Å². The van der Waals surface area contributed by atoms with E-state index in [0.717, 1.165) is 12.1 Å². The number of carbonyl (C=O) groups excluding carboxylic acids is 1. The van der Waals surface area contributed by atoms with Crippen LogP contribution in [0.3, 0.4) is 0 Å². The van der Waals surface area contributed by atoms with Crippen molar-refractivity contribution in [3.63, 3.8) is 0 Å². The fourth-order valence-electron chi connectivity index (χ4n) is 1.75. The van der Waals surface area contributed by atoms with Gasteiger partial charge in [-0.1, -0.05) is 30.3 Å². The van der Waals surface area contributed by atoms with Crippen LogP contribution in [-0.2, 0) is 10.3 Å². The second-order valence-corrected chi connectivity index (χ2v) is 3.67. The number of benzene rings is 1. The highest BCUT2D eigenvalue weighted by Crippen LogP contribution is 2.21. The van der Waals surface area contributed by atoms with Crippen molar-refractivity contribution in [3.8, 4) is 0 Å². The van der Waals surface area contributed by atoms with E-state index in [4.69, 9.17) is 0 Å². The molecule has 0 aliphatic carbocycles. The lowest BCUT2D eigenvalue weighted by atomic mass is 9.90. The van der Waals surface area contributed by atoms with Gasteiger partial charge in [0.05, 0.1) is 0 Å². The predicted molar refractivity (Wildman–Crippen MR) is 54.8 cm³/mol. The number of carbonyl (C=O) groups is 1. The van der Waals surface area contributed by atoms with Crippen LogP contribution < -0.4 is 10.6 Å². The van der Waals surface area contributed by atoms with Gasteiger partial charge >= 0.3 is 0 Å². The van der Waals surface area contributed by atoms with Crippen LogP contribution in [0.25, 0.3) is 0 Å². The first-order valence-electron chi connectivity index (χ1n) is 4.82. The van der Waals surface area contributed by atoms with E-state index in [9.17, 15) is 4.79 Å². The smallest absolute Gasteiger partial charge is 0.244 e. The zero-order chi connectivity index (χ0) is 10.0. The van der Waals surface area contributed by atoms with Gasteiger partial charge in [-0.25, -0.2) is 0 Å². The summed E-state index contributed by atoms with van der Waals surface area (Å²) in [5, 5.41) is 6.12. The highest BCUT2D eigenvalue weighted by molar-refractivity contribution is 5.87. The third kappa shape index (κ3) is 1.40. The maximum Gasteiger partial charge on any atom is 0.244 e. The highest BCUT2D eigenvalue weighted by atomic mass is 16.2. The number of hydrogen-bond donors (Lipinski definition) is 2. The SMILES string of the molecule is C[C@@]1(c2ccccc2)NCCNC1=O. The molecule has 74 valence electrons. The molecule has 2 N–H and O–H groups in total. The Morgan fingerprint density at radius 2 is 1.93 bits per heavy atom. The van der Waals surface area contributed by atoms with Crippen LogP contribution >= 0.6 is 0 Å². The van der Waals surface area contributed by atoms with Crippen LogP contribution in [0.2, 0.25) is 0 Å². The van der Waals surface area contributed by atoms with Crippen molar-refractivity contribution in [1.82, 2.24) is 10.6 Å². The molecule has 1 saturated heterocycles. The molecule has 1 heterocycles. The number of amides is 1. The fraction of sp³-hybridized carbons (Fsp3) is 0.364. The molecule has 0 saturated carbocycles. The summed E-state index contributed by atoms with van der Waals surface area (Å²) in [4.78, 5) is 11.7. The number of piperazine rings is 1. The lowest BCUT2D eigenvalue weighted by Crippen LogP contribution is -2.59. The minimum atomic E-state index is -0.570. The van der Waals surface area contributed by atoms with E-state index < -0.39 is 5.54 Å². The third-order valence-electron chi connectivity index (χ3n) is 2.69. The summed E-state index contributed by atoms with van der Waals surface area (Å²) in [6.45, 7) is 3.44. The summed E-state index contributed by atoms with van der Waals surface area (Å²) in [6.07, 6.45) is 0. The van der Waals surface area contributed by atoms with Gasteiger partial charge in [0.2, 0.25) is 5.91 Å². The van der Waals surface area contributed by atoms with Crippen LogP contribution in [-0.4, -0.2) is 19.0 Å². The van der Waals surface area contributed by atoms with Crippen LogP contribution in [0.5, 0.6) is 0 Å². The van der Waals surface area contributed by atoms with E-state index >= 15 is 0 Å². The van der Waals surface area contributed by atoms with Crippen LogP contribution in [0.4, 0.5) is 0 Å². The molecule has 1 aliphatic heterocycles. The Morgan fingerprint density at radius 1 is 1.21 bits per heavy atom. The fourth-order valence-corrected chi connectivity index (χ4v) is 1.75. The standard InChI is InChI=1S/C11H14N2O/c1-11(9-5-3-2-4-6-9)10(14)12-7-8-13-11/h2-6,13H,7-8H2,1H3,(H,12,14)/t11-/m0/s1. The molecule has 0 unspecified atom stereocenters. The third-order valence-corrected chi connectivity index (χ3v) is 2.69. The largest absolute Gasteiger partial charge is 0.353 e. The van der Waals surface area contributed by atoms with Gasteiger partial charge < -0.3 is 5.32 Å². The van der Waals surface area contributed by atoms with Gasteiger partial charge in [0.25, 0.3) is 0 Å². The molecule has 2 rings (SSSR count). The van der Waals surface area contributed by atoms with Crippen molar-refractivity contribution in [2.24, 2.45) is 0 Å². The summed E-state index contributed by atoms with van der Waals surface area (Å²) in [5.74, 6) is 0.0509. The minimum Gasteiger partial charge on any atom is -0.353 e. The normalized spacial score (nSPS) is 27.1. The van der Waals surface area contributed by atoms with E-state index in [1.54, 1.807) is 0 Å². The molecule has 1 aromatic carbocycles. The summed E-state index contributed by atoms with van der Waals surface area (Å²) in [7, 11) is 0. The zero-order valence-corrected chi connectivity index (χ0v) is 8.21. The Bertz CT molecular complexity index is 336. The Labute approximate surface area is 83.5 Å². The molecule has 3 nitrogen and oxygen atoms in total. The molecule has 0 bridgehead atoms. The van der Waals surface area contributed by atoms with Gasteiger partial charge in [0, 0.05) is 13.1 Å². The maximum absolute atomic E-state index is 11.7. The van der Waals surface area contributed by atoms with Crippen LogP contribution in [0, 0.1) is 0 Å². The molecule has 3 heteroatoms. The summed E-state index contributed by atoms with van der Waals surface area (Å²) in [5.41, 5.74) is 0.441. The average Bonchev–Trinajstić information content (AvgIpc) is 2.24. The Balaban J connectivity index is 2.35. The van der Waals surface area contributed by atoms with E-state index in [2.05, 4.69) is 10.6 Å². The molecule has 1 aromatic rings. The van der Waals surface area contributed by atoms with Crippen LogP contribution in [0.1, 0.15) is 12.5 Å². The first-order chi connectivity index (χ1) is 6.73. The monoisotopic (exact) mass is 190 g/mol. The van der Waals surface area contributed by atoms with Gasteiger partial charge in [0.15, 0.2) is 0 Å².